The average Bonchev–Trinajstić information content (AvgIpc) is 3.03. The Morgan fingerprint density at radius 1 is 1.08 bits per heavy atom. The highest BCUT2D eigenvalue weighted by Crippen LogP contribution is 2.23. The summed E-state index contributed by atoms with van der Waals surface area (Å²) >= 11 is 0. The van der Waals surface area contributed by atoms with E-state index < -0.39 is 0 Å². The second-order valence-corrected chi connectivity index (χ2v) is 5.97. The molecule has 5 heteroatoms. The van der Waals surface area contributed by atoms with Crippen LogP contribution in [0.2, 0.25) is 0 Å². The summed E-state index contributed by atoms with van der Waals surface area (Å²) in [5, 5.41) is 4.16. The van der Waals surface area contributed by atoms with Gasteiger partial charge in [0.1, 0.15) is 11.5 Å². The Hall–Kier alpha value is -2.95. The standard InChI is InChI=1S/C20H22N2O3/c1-13-4-5-19-18(8-13)14(12-22-19)6-7-21-20(23)15-9-16(24-2)11-17(10-15)25-3/h4-5,8-12,22H,6-7H2,1-3H3,(H,21,23). The lowest BCUT2D eigenvalue weighted by Gasteiger charge is -2.09. The van der Waals surface area contributed by atoms with E-state index in [9.17, 15) is 4.79 Å². The van der Waals surface area contributed by atoms with Gasteiger partial charge in [0.15, 0.2) is 0 Å². The summed E-state index contributed by atoms with van der Waals surface area (Å²) in [6.45, 7) is 2.63. The number of hydrogen-bond donors (Lipinski definition) is 2. The van der Waals surface area contributed by atoms with Gasteiger partial charge in [-0.1, -0.05) is 11.6 Å². The first-order chi connectivity index (χ1) is 12.1. The van der Waals surface area contributed by atoms with Gasteiger partial charge in [0.2, 0.25) is 0 Å². The topological polar surface area (TPSA) is 63.4 Å². The molecule has 1 aromatic heterocycles. The van der Waals surface area contributed by atoms with Crippen LogP contribution in [0.5, 0.6) is 11.5 Å². The lowest BCUT2D eigenvalue weighted by molar-refractivity contribution is 0.0953. The van der Waals surface area contributed by atoms with Crippen LogP contribution in [-0.4, -0.2) is 31.7 Å². The van der Waals surface area contributed by atoms with Crippen molar-refractivity contribution >= 4 is 16.8 Å². The zero-order chi connectivity index (χ0) is 17.8. The minimum absolute atomic E-state index is 0.145. The molecule has 3 rings (SSSR count). The van der Waals surface area contributed by atoms with Crippen LogP contribution in [-0.2, 0) is 6.42 Å². The third-order valence-corrected chi connectivity index (χ3v) is 4.22. The smallest absolute Gasteiger partial charge is 0.251 e. The van der Waals surface area contributed by atoms with E-state index in [-0.39, 0.29) is 5.91 Å². The number of aromatic amines is 1. The van der Waals surface area contributed by atoms with Crippen LogP contribution in [0.4, 0.5) is 0 Å². The Morgan fingerprint density at radius 3 is 2.48 bits per heavy atom. The van der Waals surface area contributed by atoms with Gasteiger partial charge in [-0.15, -0.1) is 0 Å². The van der Waals surface area contributed by atoms with Crippen molar-refractivity contribution in [2.45, 2.75) is 13.3 Å². The van der Waals surface area contributed by atoms with E-state index in [1.807, 2.05) is 6.20 Å². The van der Waals surface area contributed by atoms with Gasteiger partial charge >= 0.3 is 0 Å². The van der Waals surface area contributed by atoms with Crippen molar-refractivity contribution in [3.63, 3.8) is 0 Å². The molecule has 0 bridgehead atoms. The van der Waals surface area contributed by atoms with E-state index in [0.717, 1.165) is 11.9 Å². The Morgan fingerprint density at radius 2 is 1.80 bits per heavy atom. The van der Waals surface area contributed by atoms with E-state index in [1.54, 1.807) is 32.4 Å². The summed E-state index contributed by atoms with van der Waals surface area (Å²) < 4.78 is 10.4. The van der Waals surface area contributed by atoms with E-state index in [4.69, 9.17) is 9.47 Å². The molecule has 0 saturated heterocycles. The summed E-state index contributed by atoms with van der Waals surface area (Å²) in [4.78, 5) is 15.7. The van der Waals surface area contributed by atoms with Gasteiger partial charge in [0.25, 0.3) is 5.91 Å². The van der Waals surface area contributed by atoms with Crippen LogP contribution in [0.15, 0.2) is 42.6 Å². The molecular weight excluding hydrogens is 316 g/mol. The number of aryl methyl sites for hydroxylation is 1. The second kappa shape index (κ2) is 7.30. The summed E-state index contributed by atoms with van der Waals surface area (Å²) in [7, 11) is 3.13. The highest BCUT2D eigenvalue weighted by Gasteiger charge is 2.10. The van der Waals surface area contributed by atoms with Gasteiger partial charge in [0, 0.05) is 35.3 Å². The fourth-order valence-corrected chi connectivity index (χ4v) is 2.85. The van der Waals surface area contributed by atoms with E-state index in [1.165, 1.54) is 16.5 Å². The van der Waals surface area contributed by atoms with Crippen molar-refractivity contribution < 1.29 is 14.3 Å². The Kier molecular flexibility index (Phi) is 4.93. The van der Waals surface area contributed by atoms with Crippen LogP contribution >= 0.6 is 0 Å². The number of fused-ring (bicyclic) bond motifs is 1. The number of H-pyrrole nitrogens is 1. The zero-order valence-electron chi connectivity index (χ0n) is 14.7. The van der Waals surface area contributed by atoms with Crippen LogP contribution in [0, 0.1) is 6.92 Å². The minimum Gasteiger partial charge on any atom is -0.497 e. The lowest BCUT2D eigenvalue weighted by Crippen LogP contribution is -2.25. The molecule has 0 aliphatic heterocycles. The number of aromatic nitrogens is 1. The molecule has 130 valence electrons. The van der Waals surface area contributed by atoms with Crippen molar-refractivity contribution in [2.24, 2.45) is 0 Å². The number of nitrogens with one attached hydrogen (secondary N) is 2. The van der Waals surface area contributed by atoms with Crippen molar-refractivity contribution in [1.29, 1.82) is 0 Å². The van der Waals surface area contributed by atoms with Crippen LogP contribution in [0.3, 0.4) is 0 Å². The molecule has 1 heterocycles. The van der Waals surface area contributed by atoms with Crippen LogP contribution in [0.1, 0.15) is 21.5 Å². The first kappa shape index (κ1) is 16.9. The molecule has 1 amide bonds. The maximum absolute atomic E-state index is 12.4. The fourth-order valence-electron chi connectivity index (χ4n) is 2.85. The number of carbonyl (C=O) groups is 1. The molecule has 2 aromatic carbocycles. The molecule has 2 N–H and O–H groups in total. The SMILES string of the molecule is COc1cc(OC)cc(C(=O)NCCc2c[nH]c3ccc(C)cc23)c1. The van der Waals surface area contributed by atoms with Gasteiger partial charge in [-0.25, -0.2) is 0 Å². The highest BCUT2D eigenvalue weighted by molar-refractivity contribution is 5.95. The highest BCUT2D eigenvalue weighted by atomic mass is 16.5. The number of hydrogen-bond acceptors (Lipinski definition) is 3. The molecule has 0 radical (unpaired) electrons. The summed E-state index contributed by atoms with van der Waals surface area (Å²) in [5.74, 6) is 1.04. The molecule has 3 aromatic rings. The van der Waals surface area contributed by atoms with Crippen LogP contribution in [0.25, 0.3) is 10.9 Å². The molecule has 5 nitrogen and oxygen atoms in total. The maximum atomic E-state index is 12.4. The number of benzene rings is 2. The van der Waals surface area contributed by atoms with Gasteiger partial charge < -0.3 is 19.8 Å². The Bertz CT molecular complexity index is 877. The lowest BCUT2D eigenvalue weighted by atomic mass is 10.1. The van der Waals surface area contributed by atoms with Crippen LogP contribution < -0.4 is 14.8 Å². The second-order valence-electron chi connectivity index (χ2n) is 5.97. The summed E-state index contributed by atoms with van der Waals surface area (Å²) in [6.07, 6.45) is 2.77. The molecule has 25 heavy (non-hydrogen) atoms. The van der Waals surface area contributed by atoms with E-state index in [2.05, 4.69) is 35.4 Å². The third-order valence-electron chi connectivity index (χ3n) is 4.22. The molecule has 0 saturated carbocycles. The Balaban J connectivity index is 1.67. The van der Waals surface area contributed by atoms with E-state index in [0.29, 0.717) is 23.6 Å². The molecule has 0 unspecified atom stereocenters. The third kappa shape index (κ3) is 3.76. The predicted octanol–water partition coefficient (Wildman–Crippen LogP) is 3.47. The Labute approximate surface area is 147 Å². The quantitative estimate of drug-likeness (QED) is 0.723. The average molecular weight is 338 g/mol. The molecule has 0 fully saturated rings. The van der Waals surface area contributed by atoms with Gasteiger partial charge in [-0.3, -0.25) is 4.79 Å². The first-order valence-electron chi connectivity index (χ1n) is 8.18. The summed E-state index contributed by atoms with van der Waals surface area (Å²) in [6, 6.07) is 11.5. The number of ether oxygens (including phenoxy) is 2. The minimum atomic E-state index is -0.145. The molecule has 0 aliphatic rings. The maximum Gasteiger partial charge on any atom is 0.251 e. The van der Waals surface area contributed by atoms with Gasteiger partial charge in [-0.05, 0) is 43.2 Å². The molecular formula is C20H22N2O3. The van der Waals surface area contributed by atoms with E-state index >= 15 is 0 Å². The van der Waals surface area contributed by atoms with Crippen molar-refractivity contribution in [2.75, 3.05) is 20.8 Å². The van der Waals surface area contributed by atoms with Gasteiger partial charge in [0.05, 0.1) is 14.2 Å². The number of amides is 1. The molecule has 0 atom stereocenters. The monoisotopic (exact) mass is 338 g/mol. The molecule has 0 aliphatic carbocycles. The van der Waals surface area contributed by atoms with Crippen molar-refractivity contribution in [3.05, 3.63) is 59.3 Å². The fraction of sp³-hybridized carbons (Fsp3) is 0.250. The normalized spacial score (nSPS) is 10.7. The number of carbonyl (C=O) groups excluding carboxylic acids is 1. The molecule has 0 spiro atoms. The zero-order valence-corrected chi connectivity index (χ0v) is 14.7. The van der Waals surface area contributed by atoms with Crippen molar-refractivity contribution in [1.82, 2.24) is 10.3 Å². The first-order valence-corrected chi connectivity index (χ1v) is 8.18. The number of rotatable bonds is 6. The predicted molar refractivity (Wildman–Crippen MR) is 98.6 cm³/mol. The largest absolute Gasteiger partial charge is 0.497 e. The summed E-state index contributed by atoms with van der Waals surface area (Å²) in [5.41, 5.74) is 4.05. The number of methoxy groups -OCH3 is 2. The van der Waals surface area contributed by atoms with Gasteiger partial charge in [-0.2, -0.15) is 0 Å². The van der Waals surface area contributed by atoms with Crippen molar-refractivity contribution in [3.8, 4) is 11.5 Å².